The normalized spacial score (nSPS) is 12.3. The van der Waals surface area contributed by atoms with Crippen LogP contribution in [0.25, 0.3) is 0 Å². The van der Waals surface area contributed by atoms with Crippen LogP contribution in [0.15, 0.2) is 0 Å². The Morgan fingerprint density at radius 3 is 1.95 bits per heavy atom. The number of hydrogen-bond acceptors (Lipinski definition) is 4. The molecule has 0 fully saturated rings. The second-order valence-corrected chi connectivity index (χ2v) is 4.48. The fraction of sp³-hybridized carbons (Fsp3) is 0.833. The summed E-state index contributed by atoms with van der Waals surface area (Å²) in [5.41, 5.74) is 0. The highest BCUT2D eigenvalue weighted by molar-refractivity contribution is 5.82. The number of nitrogens with one attached hydrogen (secondary N) is 1. The van der Waals surface area contributed by atoms with Crippen LogP contribution >= 0.6 is 0 Å². The van der Waals surface area contributed by atoms with E-state index in [1.165, 1.54) is 4.90 Å². The van der Waals surface area contributed by atoms with Gasteiger partial charge >= 0.3 is 12.0 Å². The molecule has 7 nitrogen and oxygen atoms in total. The molecule has 0 spiro atoms. The van der Waals surface area contributed by atoms with Crippen molar-refractivity contribution in [3.05, 3.63) is 0 Å². The van der Waals surface area contributed by atoms with E-state index < -0.39 is 18.0 Å². The van der Waals surface area contributed by atoms with Crippen molar-refractivity contribution in [3.8, 4) is 0 Å². The predicted octanol–water partition coefficient (Wildman–Crippen LogP) is 0.400. The molecule has 0 aliphatic carbocycles. The van der Waals surface area contributed by atoms with E-state index in [1.54, 1.807) is 28.1 Å². The molecule has 0 unspecified atom stereocenters. The number of methoxy groups -OCH3 is 2. The average Bonchev–Trinajstić information content (AvgIpc) is 2.35. The number of amides is 2. The van der Waals surface area contributed by atoms with Gasteiger partial charge in [0.2, 0.25) is 0 Å². The quantitative estimate of drug-likeness (QED) is 0.636. The van der Waals surface area contributed by atoms with Gasteiger partial charge in [0.05, 0.1) is 13.2 Å². The molecule has 0 aliphatic rings. The Morgan fingerprint density at radius 1 is 1.16 bits per heavy atom. The van der Waals surface area contributed by atoms with Crippen LogP contribution < -0.4 is 5.32 Å². The number of urea groups is 1. The van der Waals surface area contributed by atoms with Crippen molar-refractivity contribution in [2.24, 2.45) is 5.92 Å². The van der Waals surface area contributed by atoms with Gasteiger partial charge in [-0.3, -0.25) is 0 Å². The third-order valence-corrected chi connectivity index (χ3v) is 2.63. The Hall–Kier alpha value is -1.34. The van der Waals surface area contributed by atoms with Crippen molar-refractivity contribution >= 4 is 12.0 Å². The fourth-order valence-electron chi connectivity index (χ4n) is 1.46. The number of nitrogens with zero attached hydrogens (tertiary/aromatic N) is 1. The Balaban J connectivity index is 4.54. The monoisotopic (exact) mass is 276 g/mol. The van der Waals surface area contributed by atoms with E-state index in [4.69, 9.17) is 14.6 Å². The van der Waals surface area contributed by atoms with Gasteiger partial charge < -0.3 is 24.8 Å². The molecule has 0 aromatic carbocycles. The minimum atomic E-state index is -1.04. The van der Waals surface area contributed by atoms with Crippen LogP contribution in [0.5, 0.6) is 0 Å². The van der Waals surface area contributed by atoms with Gasteiger partial charge in [-0.1, -0.05) is 13.8 Å². The molecule has 0 aromatic heterocycles. The number of aliphatic carboxylic acids is 1. The van der Waals surface area contributed by atoms with Gasteiger partial charge in [0.25, 0.3) is 0 Å². The van der Waals surface area contributed by atoms with Crippen LogP contribution in [0, 0.1) is 5.92 Å². The first-order chi connectivity index (χ1) is 8.93. The van der Waals surface area contributed by atoms with Crippen molar-refractivity contribution in [3.63, 3.8) is 0 Å². The van der Waals surface area contributed by atoms with E-state index in [2.05, 4.69) is 5.32 Å². The van der Waals surface area contributed by atoms with Crippen LogP contribution in [0.2, 0.25) is 0 Å². The lowest BCUT2D eigenvalue weighted by atomic mass is 10.1. The van der Waals surface area contributed by atoms with Crippen molar-refractivity contribution in [1.82, 2.24) is 10.2 Å². The van der Waals surface area contributed by atoms with Crippen LogP contribution in [0.3, 0.4) is 0 Å². The Morgan fingerprint density at radius 2 is 1.63 bits per heavy atom. The van der Waals surface area contributed by atoms with Crippen LogP contribution in [-0.4, -0.2) is 68.6 Å². The molecule has 0 radical (unpaired) electrons. The number of ether oxygens (including phenoxy) is 2. The zero-order valence-corrected chi connectivity index (χ0v) is 12.0. The summed E-state index contributed by atoms with van der Waals surface area (Å²) in [5.74, 6) is -1.23. The number of carboxylic acid groups (broad SMARTS) is 1. The van der Waals surface area contributed by atoms with Gasteiger partial charge in [-0.15, -0.1) is 0 Å². The smallest absolute Gasteiger partial charge is 0.326 e. The summed E-state index contributed by atoms with van der Waals surface area (Å²) in [6, 6.07) is -1.32. The number of carbonyl (C=O) groups is 2. The Kier molecular flexibility index (Phi) is 8.90. The largest absolute Gasteiger partial charge is 0.480 e. The van der Waals surface area contributed by atoms with Gasteiger partial charge in [-0.2, -0.15) is 0 Å². The molecule has 0 saturated carbocycles. The van der Waals surface area contributed by atoms with Gasteiger partial charge in [-0.05, 0) is 5.92 Å². The summed E-state index contributed by atoms with van der Waals surface area (Å²) in [6.45, 7) is 5.03. The third-order valence-electron chi connectivity index (χ3n) is 2.63. The summed E-state index contributed by atoms with van der Waals surface area (Å²) in [5, 5.41) is 11.6. The lowest BCUT2D eigenvalue weighted by Crippen LogP contribution is -2.51. The van der Waals surface area contributed by atoms with E-state index in [9.17, 15) is 9.59 Å². The molecule has 19 heavy (non-hydrogen) atoms. The molecule has 0 heterocycles. The standard InChI is InChI=1S/C12H24N2O5/c1-9(2)10(11(15)16)13-12(17)14(5-7-18-3)6-8-19-4/h9-10H,5-8H2,1-4H3,(H,13,17)(H,15,16)/t10-/m1/s1. The lowest BCUT2D eigenvalue weighted by Gasteiger charge is -2.26. The van der Waals surface area contributed by atoms with E-state index in [0.29, 0.717) is 26.3 Å². The SMILES string of the molecule is COCCN(CCOC)C(=O)N[C@@H](C(=O)O)C(C)C. The molecule has 2 amide bonds. The fourth-order valence-corrected chi connectivity index (χ4v) is 1.46. The first-order valence-corrected chi connectivity index (χ1v) is 6.20. The highest BCUT2D eigenvalue weighted by Crippen LogP contribution is 2.03. The molecular formula is C12H24N2O5. The van der Waals surface area contributed by atoms with Crippen molar-refractivity contribution < 1.29 is 24.2 Å². The maximum Gasteiger partial charge on any atom is 0.326 e. The number of carbonyl (C=O) groups excluding carboxylic acids is 1. The van der Waals surface area contributed by atoms with Gasteiger partial charge in [-0.25, -0.2) is 9.59 Å². The minimum Gasteiger partial charge on any atom is -0.480 e. The topological polar surface area (TPSA) is 88.1 Å². The summed E-state index contributed by atoms with van der Waals surface area (Å²) in [6.07, 6.45) is 0. The highest BCUT2D eigenvalue weighted by Gasteiger charge is 2.25. The summed E-state index contributed by atoms with van der Waals surface area (Å²) in [4.78, 5) is 24.5. The van der Waals surface area contributed by atoms with E-state index in [-0.39, 0.29) is 5.92 Å². The number of hydrogen-bond donors (Lipinski definition) is 2. The molecule has 0 aliphatic heterocycles. The maximum absolute atomic E-state index is 12.0. The van der Waals surface area contributed by atoms with E-state index >= 15 is 0 Å². The maximum atomic E-state index is 12.0. The molecule has 0 saturated heterocycles. The molecular weight excluding hydrogens is 252 g/mol. The summed E-state index contributed by atoms with van der Waals surface area (Å²) >= 11 is 0. The predicted molar refractivity (Wildman–Crippen MR) is 70.1 cm³/mol. The number of carboxylic acids is 1. The minimum absolute atomic E-state index is 0.187. The van der Waals surface area contributed by atoms with Gasteiger partial charge in [0.1, 0.15) is 6.04 Å². The van der Waals surface area contributed by atoms with Gasteiger partial charge in [0.15, 0.2) is 0 Å². The lowest BCUT2D eigenvalue weighted by molar-refractivity contribution is -0.140. The molecule has 7 heteroatoms. The van der Waals surface area contributed by atoms with Crippen molar-refractivity contribution in [1.29, 1.82) is 0 Å². The van der Waals surface area contributed by atoms with Crippen molar-refractivity contribution in [2.75, 3.05) is 40.5 Å². The third kappa shape index (κ3) is 6.97. The second-order valence-electron chi connectivity index (χ2n) is 4.48. The molecule has 2 N–H and O–H groups in total. The molecule has 0 aromatic rings. The van der Waals surface area contributed by atoms with E-state index in [0.717, 1.165) is 0 Å². The molecule has 0 bridgehead atoms. The van der Waals surface area contributed by atoms with E-state index in [1.807, 2.05) is 0 Å². The molecule has 1 atom stereocenters. The first kappa shape index (κ1) is 17.7. The highest BCUT2D eigenvalue weighted by atomic mass is 16.5. The van der Waals surface area contributed by atoms with Crippen LogP contribution in [0.4, 0.5) is 4.79 Å². The summed E-state index contributed by atoms with van der Waals surface area (Å²) < 4.78 is 9.85. The number of rotatable bonds is 9. The zero-order chi connectivity index (χ0) is 14.8. The van der Waals surface area contributed by atoms with Gasteiger partial charge in [0, 0.05) is 27.3 Å². The molecule has 0 rings (SSSR count). The van der Waals surface area contributed by atoms with Crippen LogP contribution in [0.1, 0.15) is 13.8 Å². The molecule has 112 valence electrons. The van der Waals surface area contributed by atoms with Crippen molar-refractivity contribution in [2.45, 2.75) is 19.9 Å². The summed E-state index contributed by atoms with van der Waals surface area (Å²) in [7, 11) is 3.08. The zero-order valence-electron chi connectivity index (χ0n) is 12.0. The first-order valence-electron chi connectivity index (χ1n) is 6.20. The Bertz CT molecular complexity index is 275. The second kappa shape index (κ2) is 9.57. The van der Waals surface area contributed by atoms with Crippen LogP contribution in [-0.2, 0) is 14.3 Å². The average molecular weight is 276 g/mol. The Labute approximate surface area is 113 Å².